The molecule has 2 amide bonds. The summed E-state index contributed by atoms with van der Waals surface area (Å²) in [6.45, 7) is 6.12. The predicted octanol–water partition coefficient (Wildman–Crippen LogP) is 4.93. The summed E-state index contributed by atoms with van der Waals surface area (Å²) >= 11 is 0. The van der Waals surface area contributed by atoms with Crippen LogP contribution in [0.2, 0.25) is 0 Å². The van der Waals surface area contributed by atoms with E-state index in [2.05, 4.69) is 36.6 Å². The first-order valence-electron chi connectivity index (χ1n) is 9.97. The number of benzene rings is 2. The van der Waals surface area contributed by atoms with Crippen molar-refractivity contribution >= 4 is 17.9 Å². The molecule has 0 aliphatic heterocycles. The van der Waals surface area contributed by atoms with Gasteiger partial charge in [0.25, 0.3) is 11.8 Å². The molecule has 5 heteroatoms. The summed E-state index contributed by atoms with van der Waals surface area (Å²) in [6, 6.07) is 18.2. The van der Waals surface area contributed by atoms with Crippen LogP contribution in [0.15, 0.2) is 77.0 Å². The number of nitrogens with one attached hydrogen (secondary N) is 2. The zero-order valence-corrected chi connectivity index (χ0v) is 17.4. The Morgan fingerprint density at radius 3 is 2.40 bits per heavy atom. The van der Waals surface area contributed by atoms with Gasteiger partial charge < -0.3 is 15.1 Å². The van der Waals surface area contributed by atoms with Crippen molar-refractivity contribution in [2.75, 3.05) is 0 Å². The van der Waals surface area contributed by atoms with Gasteiger partial charge in [-0.05, 0) is 61.2 Å². The lowest BCUT2D eigenvalue weighted by Crippen LogP contribution is -2.36. The molecule has 2 aromatic carbocycles. The second-order valence-electron chi connectivity index (χ2n) is 7.17. The molecule has 1 aromatic heterocycles. The first kappa shape index (κ1) is 21.1. The molecule has 154 valence electrons. The molecule has 30 heavy (non-hydrogen) atoms. The van der Waals surface area contributed by atoms with Crippen LogP contribution in [-0.4, -0.2) is 11.8 Å². The van der Waals surface area contributed by atoms with E-state index in [1.807, 2.05) is 19.1 Å². The minimum atomic E-state index is -0.374. The fraction of sp³-hybridized carbons (Fsp3) is 0.200. The minimum absolute atomic E-state index is 0.126. The molecule has 0 spiro atoms. The smallest absolute Gasteiger partial charge is 0.268 e. The van der Waals surface area contributed by atoms with Crippen LogP contribution in [0, 0.1) is 13.8 Å². The molecule has 1 heterocycles. The summed E-state index contributed by atoms with van der Waals surface area (Å²) in [7, 11) is 0. The largest absolute Gasteiger partial charge is 0.465 e. The summed E-state index contributed by atoms with van der Waals surface area (Å²) in [5, 5.41) is 5.76. The molecule has 3 aromatic rings. The molecular formula is C25H26N2O3. The topological polar surface area (TPSA) is 71.3 Å². The Hall–Kier alpha value is -3.60. The third kappa shape index (κ3) is 5.26. The lowest BCUT2D eigenvalue weighted by Gasteiger charge is -2.20. The van der Waals surface area contributed by atoms with Gasteiger partial charge in [-0.3, -0.25) is 9.59 Å². The third-order valence-electron chi connectivity index (χ3n) is 5.01. The van der Waals surface area contributed by atoms with E-state index in [-0.39, 0.29) is 23.6 Å². The zero-order chi connectivity index (χ0) is 21.5. The monoisotopic (exact) mass is 402 g/mol. The third-order valence-corrected chi connectivity index (χ3v) is 5.01. The first-order valence-corrected chi connectivity index (χ1v) is 9.97. The van der Waals surface area contributed by atoms with E-state index in [1.54, 1.807) is 36.4 Å². The minimum Gasteiger partial charge on any atom is -0.465 e. The van der Waals surface area contributed by atoms with Gasteiger partial charge in [-0.25, -0.2) is 0 Å². The van der Waals surface area contributed by atoms with Crippen LogP contribution < -0.4 is 10.6 Å². The predicted molar refractivity (Wildman–Crippen MR) is 118 cm³/mol. The van der Waals surface area contributed by atoms with Crippen LogP contribution in [0.4, 0.5) is 0 Å². The van der Waals surface area contributed by atoms with E-state index in [9.17, 15) is 9.59 Å². The fourth-order valence-electron chi connectivity index (χ4n) is 3.10. The van der Waals surface area contributed by atoms with Crippen LogP contribution >= 0.6 is 0 Å². The molecule has 0 saturated carbocycles. The van der Waals surface area contributed by atoms with Crippen LogP contribution in [0.25, 0.3) is 6.08 Å². The Morgan fingerprint density at radius 2 is 1.77 bits per heavy atom. The molecular weight excluding hydrogens is 376 g/mol. The van der Waals surface area contributed by atoms with Crippen LogP contribution in [0.1, 0.15) is 52.2 Å². The van der Waals surface area contributed by atoms with Crippen molar-refractivity contribution in [2.45, 2.75) is 33.2 Å². The molecule has 0 aliphatic carbocycles. The number of hydrogen-bond donors (Lipinski definition) is 2. The van der Waals surface area contributed by atoms with E-state index < -0.39 is 0 Å². The number of carbonyl (C=O) groups excluding carboxylic acids is 2. The number of hydrogen-bond acceptors (Lipinski definition) is 3. The normalized spacial score (nSPS) is 12.3. The summed E-state index contributed by atoms with van der Waals surface area (Å²) in [6.07, 6.45) is 3.77. The molecule has 3 rings (SSSR count). The van der Waals surface area contributed by atoms with Gasteiger partial charge in [0.05, 0.1) is 12.3 Å². The zero-order valence-electron chi connectivity index (χ0n) is 17.4. The first-order chi connectivity index (χ1) is 14.5. The Morgan fingerprint density at radius 1 is 1.00 bits per heavy atom. The van der Waals surface area contributed by atoms with Gasteiger partial charge in [0.1, 0.15) is 11.5 Å². The molecule has 1 atom stereocenters. The summed E-state index contributed by atoms with van der Waals surface area (Å²) in [5.74, 6) is -0.253. The summed E-state index contributed by atoms with van der Waals surface area (Å²) in [4.78, 5) is 25.7. The van der Waals surface area contributed by atoms with Crippen LogP contribution in [-0.2, 0) is 4.79 Å². The van der Waals surface area contributed by atoms with Crippen molar-refractivity contribution < 1.29 is 14.0 Å². The van der Waals surface area contributed by atoms with E-state index in [4.69, 9.17) is 4.42 Å². The lowest BCUT2D eigenvalue weighted by atomic mass is 9.99. The molecule has 0 fully saturated rings. The number of furan rings is 1. The van der Waals surface area contributed by atoms with Gasteiger partial charge in [-0.2, -0.15) is 0 Å². The van der Waals surface area contributed by atoms with Gasteiger partial charge in [0, 0.05) is 11.6 Å². The highest BCUT2D eigenvalue weighted by Gasteiger charge is 2.19. The van der Waals surface area contributed by atoms with Gasteiger partial charge >= 0.3 is 0 Å². The Balaban J connectivity index is 1.84. The fourth-order valence-corrected chi connectivity index (χ4v) is 3.10. The van der Waals surface area contributed by atoms with Crippen molar-refractivity contribution in [3.8, 4) is 0 Å². The van der Waals surface area contributed by atoms with Crippen molar-refractivity contribution in [3.05, 3.63) is 101 Å². The average Bonchev–Trinajstić information content (AvgIpc) is 3.27. The maximum atomic E-state index is 13.1. The van der Waals surface area contributed by atoms with Gasteiger partial charge in [-0.15, -0.1) is 0 Å². The SMILES string of the molecule is CCC(NC(=O)/C(=C/c1ccco1)NC(=O)c1ccccc1)c1ccc(C)c(C)c1. The van der Waals surface area contributed by atoms with E-state index in [0.717, 1.165) is 12.0 Å². The standard InChI is InChI=1S/C25H26N2O3/c1-4-22(20-13-12-17(2)18(3)15-20)26-25(29)23(16-21-11-8-14-30-21)27-24(28)19-9-6-5-7-10-19/h5-16,22H,4H2,1-3H3,(H,26,29)(H,27,28)/b23-16-. The molecule has 0 bridgehead atoms. The number of rotatable bonds is 7. The van der Waals surface area contributed by atoms with E-state index in [1.165, 1.54) is 23.5 Å². The Kier molecular flexibility index (Phi) is 6.86. The number of aryl methyl sites for hydroxylation is 2. The maximum absolute atomic E-state index is 13.1. The molecule has 0 saturated heterocycles. The van der Waals surface area contributed by atoms with Crippen molar-refractivity contribution in [3.63, 3.8) is 0 Å². The Labute approximate surface area is 176 Å². The summed E-state index contributed by atoms with van der Waals surface area (Å²) < 4.78 is 5.34. The highest BCUT2D eigenvalue weighted by atomic mass is 16.3. The molecule has 5 nitrogen and oxygen atoms in total. The van der Waals surface area contributed by atoms with Crippen LogP contribution in [0.3, 0.4) is 0 Å². The van der Waals surface area contributed by atoms with Gasteiger partial charge in [0.2, 0.25) is 0 Å². The maximum Gasteiger partial charge on any atom is 0.268 e. The van der Waals surface area contributed by atoms with Gasteiger partial charge in [0.15, 0.2) is 0 Å². The molecule has 2 N–H and O–H groups in total. The second kappa shape index (κ2) is 9.74. The summed E-state index contributed by atoms with van der Waals surface area (Å²) in [5.41, 5.74) is 4.00. The highest BCUT2D eigenvalue weighted by molar-refractivity contribution is 6.05. The number of amides is 2. The van der Waals surface area contributed by atoms with Crippen molar-refractivity contribution in [2.24, 2.45) is 0 Å². The van der Waals surface area contributed by atoms with E-state index in [0.29, 0.717) is 11.3 Å². The lowest BCUT2D eigenvalue weighted by molar-refractivity contribution is -0.118. The molecule has 0 radical (unpaired) electrons. The second-order valence-corrected chi connectivity index (χ2v) is 7.17. The van der Waals surface area contributed by atoms with Crippen molar-refractivity contribution in [1.82, 2.24) is 10.6 Å². The average molecular weight is 402 g/mol. The van der Waals surface area contributed by atoms with E-state index >= 15 is 0 Å². The van der Waals surface area contributed by atoms with Gasteiger partial charge in [-0.1, -0.05) is 43.3 Å². The Bertz CT molecular complexity index is 1040. The molecule has 0 aliphatic rings. The van der Waals surface area contributed by atoms with Crippen LogP contribution in [0.5, 0.6) is 0 Å². The number of carbonyl (C=O) groups is 2. The highest BCUT2D eigenvalue weighted by Crippen LogP contribution is 2.20. The quantitative estimate of drug-likeness (QED) is 0.550. The molecule has 1 unspecified atom stereocenters. The van der Waals surface area contributed by atoms with Crippen molar-refractivity contribution in [1.29, 1.82) is 0 Å².